The number of thiol groups is 1. The van der Waals surface area contributed by atoms with Crippen LogP contribution in [0.2, 0.25) is 0 Å². The van der Waals surface area contributed by atoms with Crippen LogP contribution in [0.25, 0.3) is 0 Å². The Hall–Kier alpha value is -0.750. The van der Waals surface area contributed by atoms with E-state index in [4.69, 9.17) is 15.9 Å². The minimum Gasteiger partial charge on any atom is -0.481 e. The lowest BCUT2D eigenvalue weighted by Crippen LogP contribution is -2.00. The van der Waals surface area contributed by atoms with Crippen molar-refractivity contribution in [2.24, 2.45) is 5.73 Å². The Balaban J connectivity index is 0. The fourth-order valence-corrected chi connectivity index (χ4v) is 0.214. The van der Waals surface area contributed by atoms with E-state index in [0.29, 0.717) is 6.54 Å². The minimum absolute atomic E-state index is 0.296. The number of carboxylic acid groups (broad SMARTS) is 2. The van der Waals surface area contributed by atoms with Crippen LogP contribution >= 0.6 is 12.6 Å². The van der Waals surface area contributed by atoms with E-state index >= 15 is 0 Å². The van der Waals surface area contributed by atoms with Crippen LogP contribution in [-0.2, 0) is 9.59 Å². The summed E-state index contributed by atoms with van der Waals surface area (Å²) in [6, 6.07) is 0. The van der Waals surface area contributed by atoms with Gasteiger partial charge in [0.25, 0.3) is 0 Å². The minimum atomic E-state index is -1.08. The van der Waals surface area contributed by atoms with Crippen molar-refractivity contribution in [2.75, 3.05) is 12.3 Å². The predicted octanol–water partition coefficient (Wildman–Crippen LogP) is -0.189. The molecule has 4 N–H and O–H groups in total. The lowest BCUT2D eigenvalue weighted by Gasteiger charge is -1.85. The molecule has 0 fully saturated rings. The third kappa shape index (κ3) is 22.8. The zero-order valence-corrected chi connectivity index (χ0v) is 7.46. The summed E-state index contributed by atoms with van der Waals surface area (Å²) in [6.07, 6.45) is -0.593. The molecular weight excluding hydrogens is 182 g/mol. The maximum absolute atomic E-state index is 9.64. The molecule has 0 rings (SSSR count). The van der Waals surface area contributed by atoms with Gasteiger partial charge in [-0.15, -0.1) is 0 Å². The van der Waals surface area contributed by atoms with Gasteiger partial charge in [-0.3, -0.25) is 9.59 Å². The molecule has 0 saturated carbocycles. The van der Waals surface area contributed by atoms with Crippen molar-refractivity contribution < 1.29 is 19.8 Å². The number of rotatable bonds is 4. The van der Waals surface area contributed by atoms with Crippen LogP contribution in [0.15, 0.2) is 0 Å². The smallest absolute Gasteiger partial charge is 0.303 e. The fraction of sp³-hybridized carbons (Fsp3) is 0.667. The summed E-state index contributed by atoms with van der Waals surface area (Å²) in [5, 5.41) is 15.8. The highest BCUT2D eigenvalue weighted by Crippen LogP contribution is 1.86. The van der Waals surface area contributed by atoms with Crippen LogP contribution in [-0.4, -0.2) is 34.4 Å². The summed E-state index contributed by atoms with van der Waals surface area (Å²) in [4.78, 5) is 19.3. The van der Waals surface area contributed by atoms with E-state index in [1.165, 1.54) is 0 Å². The molecule has 0 aromatic carbocycles. The zero-order chi connectivity index (χ0) is 9.98. The molecule has 0 heterocycles. The monoisotopic (exact) mass is 195 g/mol. The van der Waals surface area contributed by atoms with Gasteiger partial charge < -0.3 is 15.9 Å². The number of hydrogen-bond acceptors (Lipinski definition) is 4. The second-order valence-corrected chi connectivity index (χ2v) is 2.25. The topological polar surface area (TPSA) is 101 Å². The van der Waals surface area contributed by atoms with E-state index in [1.54, 1.807) is 0 Å². The first kappa shape index (κ1) is 13.8. The van der Waals surface area contributed by atoms with Gasteiger partial charge in [0.05, 0.1) is 12.8 Å². The summed E-state index contributed by atoms with van der Waals surface area (Å²) < 4.78 is 0. The first-order valence-electron chi connectivity index (χ1n) is 3.29. The van der Waals surface area contributed by atoms with Gasteiger partial charge in [0.2, 0.25) is 0 Å². The van der Waals surface area contributed by atoms with E-state index in [2.05, 4.69) is 12.6 Å². The van der Waals surface area contributed by atoms with Gasteiger partial charge >= 0.3 is 11.9 Å². The largest absolute Gasteiger partial charge is 0.481 e. The van der Waals surface area contributed by atoms with Crippen molar-refractivity contribution in [3.8, 4) is 0 Å². The summed E-state index contributed by atoms with van der Waals surface area (Å²) in [6.45, 7) is 0.684. The van der Waals surface area contributed by atoms with Crippen LogP contribution in [0.4, 0.5) is 0 Å². The second-order valence-electron chi connectivity index (χ2n) is 1.80. The van der Waals surface area contributed by atoms with Gasteiger partial charge in [0.1, 0.15) is 0 Å². The van der Waals surface area contributed by atoms with Crippen LogP contribution in [0, 0.1) is 0 Å². The van der Waals surface area contributed by atoms with Crippen molar-refractivity contribution in [2.45, 2.75) is 12.8 Å². The molecule has 0 saturated heterocycles. The first-order chi connectivity index (χ1) is 5.54. The molecule has 0 aromatic heterocycles. The fourth-order valence-electron chi connectivity index (χ4n) is 0.214. The van der Waals surface area contributed by atoms with Crippen LogP contribution in [0.3, 0.4) is 0 Å². The summed E-state index contributed by atoms with van der Waals surface area (Å²) in [7, 11) is 0. The maximum Gasteiger partial charge on any atom is 0.303 e. The molecule has 6 heteroatoms. The number of nitrogens with two attached hydrogens (primary N) is 1. The van der Waals surface area contributed by atoms with E-state index in [1.807, 2.05) is 0 Å². The van der Waals surface area contributed by atoms with E-state index < -0.39 is 11.9 Å². The van der Waals surface area contributed by atoms with Crippen LogP contribution in [0.5, 0.6) is 0 Å². The Labute approximate surface area is 76.0 Å². The lowest BCUT2D eigenvalue weighted by molar-refractivity contribution is -0.143. The van der Waals surface area contributed by atoms with Gasteiger partial charge in [0, 0.05) is 12.3 Å². The standard InChI is InChI=1S/C4H6O4.C2H7NS/c5-3(6)1-2-4(7)8;3-1-2-4/h1-2H2,(H,5,6)(H,7,8);4H,1-3H2. The molecular formula is C6H13NO4S. The Morgan fingerprint density at radius 3 is 1.50 bits per heavy atom. The molecule has 0 unspecified atom stereocenters. The molecule has 0 radical (unpaired) electrons. The van der Waals surface area contributed by atoms with Crippen molar-refractivity contribution in [3.05, 3.63) is 0 Å². The van der Waals surface area contributed by atoms with E-state index in [9.17, 15) is 9.59 Å². The Bertz CT molecular complexity index is 124. The van der Waals surface area contributed by atoms with Crippen LogP contribution in [0.1, 0.15) is 12.8 Å². The third-order valence-corrected chi connectivity index (χ3v) is 0.940. The molecule has 72 valence electrons. The highest BCUT2D eigenvalue weighted by Gasteiger charge is 2.00. The third-order valence-electron chi connectivity index (χ3n) is 0.682. The van der Waals surface area contributed by atoms with Crippen LogP contribution < -0.4 is 5.73 Å². The molecule has 0 bridgehead atoms. The molecule has 12 heavy (non-hydrogen) atoms. The highest BCUT2D eigenvalue weighted by molar-refractivity contribution is 7.80. The number of aliphatic carboxylic acids is 2. The molecule has 0 atom stereocenters. The first-order valence-corrected chi connectivity index (χ1v) is 3.92. The molecule has 5 nitrogen and oxygen atoms in total. The van der Waals surface area contributed by atoms with Crippen molar-refractivity contribution in [1.82, 2.24) is 0 Å². The Kier molecular flexibility index (Phi) is 11.8. The number of carboxylic acids is 2. The highest BCUT2D eigenvalue weighted by atomic mass is 32.1. The molecule has 0 aliphatic rings. The maximum atomic E-state index is 9.64. The molecule has 0 aromatic rings. The zero-order valence-electron chi connectivity index (χ0n) is 6.56. The summed E-state index contributed by atoms with van der Waals surface area (Å²) >= 11 is 3.80. The molecule has 0 spiro atoms. The van der Waals surface area contributed by atoms with Crippen molar-refractivity contribution >= 4 is 24.6 Å². The van der Waals surface area contributed by atoms with Gasteiger partial charge in [-0.1, -0.05) is 0 Å². The summed E-state index contributed by atoms with van der Waals surface area (Å²) in [5.41, 5.74) is 4.95. The lowest BCUT2D eigenvalue weighted by atomic mass is 10.3. The van der Waals surface area contributed by atoms with Gasteiger partial charge in [-0.2, -0.15) is 12.6 Å². The van der Waals surface area contributed by atoms with E-state index in [0.717, 1.165) is 5.75 Å². The predicted molar refractivity (Wildman–Crippen MR) is 47.4 cm³/mol. The average Bonchev–Trinajstić information content (AvgIpc) is 2.01. The number of hydrogen-bond donors (Lipinski definition) is 4. The van der Waals surface area contributed by atoms with Gasteiger partial charge in [-0.25, -0.2) is 0 Å². The van der Waals surface area contributed by atoms with Crippen molar-refractivity contribution in [3.63, 3.8) is 0 Å². The quantitative estimate of drug-likeness (QED) is 0.466. The second kappa shape index (κ2) is 10.2. The molecule has 0 aliphatic carbocycles. The van der Waals surface area contributed by atoms with Gasteiger partial charge in [0.15, 0.2) is 0 Å². The normalized spacial score (nSPS) is 8.17. The SMILES string of the molecule is NCCS.O=C(O)CCC(=O)O. The molecule has 0 amide bonds. The average molecular weight is 195 g/mol. The number of carbonyl (C=O) groups is 2. The van der Waals surface area contributed by atoms with Crippen molar-refractivity contribution in [1.29, 1.82) is 0 Å². The summed E-state index contributed by atoms with van der Waals surface area (Å²) in [5.74, 6) is -1.36. The Morgan fingerprint density at radius 1 is 1.17 bits per heavy atom. The Morgan fingerprint density at radius 2 is 1.42 bits per heavy atom. The van der Waals surface area contributed by atoms with Gasteiger partial charge in [-0.05, 0) is 0 Å². The van der Waals surface area contributed by atoms with E-state index in [-0.39, 0.29) is 12.8 Å². The molecule has 0 aliphatic heterocycles.